The number of anilines is 2. The Balaban J connectivity index is 2.74. The van der Waals surface area contributed by atoms with Gasteiger partial charge in [0.05, 0.1) is 16.7 Å². The van der Waals surface area contributed by atoms with Crippen LogP contribution in [-0.4, -0.2) is 15.7 Å². The molecule has 0 saturated carbocycles. The normalized spacial score (nSPS) is 11.0. The summed E-state index contributed by atoms with van der Waals surface area (Å²) in [7, 11) is 3.53. The summed E-state index contributed by atoms with van der Waals surface area (Å²) in [5, 5.41) is 3.31. The average molecular weight is 234 g/mol. The first-order valence-electron chi connectivity index (χ1n) is 5.75. The molecule has 0 unspecified atom stereocenters. The van der Waals surface area contributed by atoms with E-state index in [0.717, 1.165) is 29.7 Å². The number of imidazole rings is 1. The van der Waals surface area contributed by atoms with Crippen LogP contribution in [0.2, 0.25) is 0 Å². The maximum atomic E-state index is 11.9. The van der Waals surface area contributed by atoms with Crippen molar-refractivity contribution in [2.45, 2.75) is 13.3 Å². The van der Waals surface area contributed by atoms with E-state index < -0.39 is 0 Å². The van der Waals surface area contributed by atoms with Crippen LogP contribution >= 0.6 is 0 Å². The van der Waals surface area contributed by atoms with Gasteiger partial charge in [0.2, 0.25) is 0 Å². The Kier molecular flexibility index (Phi) is 2.83. The van der Waals surface area contributed by atoms with E-state index in [1.54, 1.807) is 23.2 Å². The molecule has 1 aromatic heterocycles. The lowest BCUT2D eigenvalue weighted by molar-refractivity contribution is 0.795. The van der Waals surface area contributed by atoms with Crippen LogP contribution < -0.4 is 16.7 Å². The zero-order chi connectivity index (χ0) is 12.6. The Bertz CT molecular complexity index is 609. The molecular weight excluding hydrogens is 216 g/mol. The van der Waals surface area contributed by atoms with Gasteiger partial charge in [0.1, 0.15) is 0 Å². The highest BCUT2D eigenvalue weighted by atomic mass is 16.1. The van der Waals surface area contributed by atoms with Gasteiger partial charge in [-0.2, -0.15) is 0 Å². The van der Waals surface area contributed by atoms with Gasteiger partial charge in [-0.05, 0) is 18.6 Å². The second kappa shape index (κ2) is 4.16. The molecule has 5 nitrogen and oxygen atoms in total. The fourth-order valence-electron chi connectivity index (χ4n) is 2.07. The van der Waals surface area contributed by atoms with Crippen LogP contribution in [0.4, 0.5) is 11.4 Å². The number of nitrogen functional groups attached to an aromatic ring is 1. The van der Waals surface area contributed by atoms with E-state index in [9.17, 15) is 4.79 Å². The minimum atomic E-state index is -0.0369. The summed E-state index contributed by atoms with van der Waals surface area (Å²) in [5.41, 5.74) is 9.17. The summed E-state index contributed by atoms with van der Waals surface area (Å²) < 4.78 is 3.26. The molecule has 17 heavy (non-hydrogen) atoms. The number of fused-ring (bicyclic) bond motifs is 1. The van der Waals surface area contributed by atoms with Gasteiger partial charge in [-0.15, -0.1) is 0 Å². The molecule has 3 N–H and O–H groups in total. The number of hydrogen-bond acceptors (Lipinski definition) is 3. The smallest absolute Gasteiger partial charge is 0.328 e. The van der Waals surface area contributed by atoms with Crippen LogP contribution in [0.3, 0.4) is 0 Å². The van der Waals surface area contributed by atoms with Crippen molar-refractivity contribution in [1.82, 2.24) is 9.13 Å². The summed E-state index contributed by atoms with van der Waals surface area (Å²) in [6, 6.07) is 3.70. The number of benzene rings is 1. The van der Waals surface area contributed by atoms with Crippen LogP contribution in [0.5, 0.6) is 0 Å². The van der Waals surface area contributed by atoms with Gasteiger partial charge < -0.3 is 11.1 Å². The van der Waals surface area contributed by atoms with Crippen molar-refractivity contribution in [3.8, 4) is 0 Å². The van der Waals surface area contributed by atoms with Gasteiger partial charge in [0.25, 0.3) is 0 Å². The van der Waals surface area contributed by atoms with Crippen molar-refractivity contribution in [3.63, 3.8) is 0 Å². The predicted octanol–water partition coefficient (Wildman–Crippen LogP) is 1.28. The molecule has 2 rings (SSSR count). The van der Waals surface area contributed by atoms with Gasteiger partial charge in [-0.25, -0.2) is 4.79 Å². The van der Waals surface area contributed by atoms with E-state index in [1.165, 1.54) is 0 Å². The van der Waals surface area contributed by atoms with E-state index in [-0.39, 0.29) is 5.69 Å². The van der Waals surface area contributed by atoms with Crippen LogP contribution in [0, 0.1) is 0 Å². The fraction of sp³-hybridized carbons (Fsp3) is 0.417. The van der Waals surface area contributed by atoms with Crippen molar-refractivity contribution in [2.75, 3.05) is 17.6 Å². The summed E-state index contributed by atoms with van der Waals surface area (Å²) >= 11 is 0. The number of rotatable bonds is 3. The molecule has 0 bridgehead atoms. The summed E-state index contributed by atoms with van der Waals surface area (Å²) in [6.07, 6.45) is 1.02. The molecule has 0 saturated heterocycles. The van der Waals surface area contributed by atoms with E-state index in [1.807, 2.05) is 12.1 Å². The molecule has 0 spiro atoms. The second-order valence-corrected chi connectivity index (χ2v) is 4.26. The number of hydrogen-bond donors (Lipinski definition) is 2. The Morgan fingerprint density at radius 1 is 1.29 bits per heavy atom. The molecule has 0 aliphatic heterocycles. The zero-order valence-electron chi connectivity index (χ0n) is 10.4. The second-order valence-electron chi connectivity index (χ2n) is 4.26. The van der Waals surface area contributed by atoms with Crippen molar-refractivity contribution >= 4 is 22.4 Å². The number of nitrogens with zero attached hydrogens (tertiary/aromatic N) is 2. The van der Waals surface area contributed by atoms with Crippen LogP contribution in [0.15, 0.2) is 16.9 Å². The first kappa shape index (κ1) is 11.6. The Labute approximate surface area is 99.8 Å². The molecule has 1 aromatic carbocycles. The number of aromatic nitrogens is 2. The van der Waals surface area contributed by atoms with Crippen LogP contribution in [-0.2, 0) is 14.1 Å². The molecule has 1 heterocycles. The highest BCUT2D eigenvalue weighted by Gasteiger charge is 2.12. The van der Waals surface area contributed by atoms with Crippen LogP contribution in [0.25, 0.3) is 11.0 Å². The Hall–Kier alpha value is -1.91. The molecule has 5 heteroatoms. The maximum absolute atomic E-state index is 11.9. The predicted molar refractivity (Wildman–Crippen MR) is 71.4 cm³/mol. The lowest BCUT2D eigenvalue weighted by atomic mass is 10.2. The molecular formula is C12H18N4O. The fourth-order valence-corrected chi connectivity index (χ4v) is 2.07. The lowest BCUT2D eigenvalue weighted by Gasteiger charge is -2.09. The minimum Gasteiger partial charge on any atom is -0.399 e. The summed E-state index contributed by atoms with van der Waals surface area (Å²) in [4.78, 5) is 11.9. The SMILES string of the molecule is CCCNc1cc(N)cc2c1n(C)c(=O)n2C. The van der Waals surface area contributed by atoms with Crippen molar-refractivity contribution in [1.29, 1.82) is 0 Å². The zero-order valence-corrected chi connectivity index (χ0v) is 10.4. The first-order valence-corrected chi connectivity index (χ1v) is 5.75. The van der Waals surface area contributed by atoms with Crippen molar-refractivity contribution in [2.24, 2.45) is 14.1 Å². The maximum Gasteiger partial charge on any atom is 0.328 e. The topological polar surface area (TPSA) is 65.0 Å². The van der Waals surface area contributed by atoms with Crippen molar-refractivity contribution in [3.05, 3.63) is 22.6 Å². The lowest BCUT2D eigenvalue weighted by Crippen LogP contribution is -2.19. The number of nitrogens with one attached hydrogen (secondary N) is 1. The first-order chi connectivity index (χ1) is 8.06. The van der Waals surface area contributed by atoms with E-state index in [2.05, 4.69) is 12.2 Å². The van der Waals surface area contributed by atoms with Gasteiger partial charge >= 0.3 is 5.69 Å². The highest BCUT2D eigenvalue weighted by molar-refractivity contribution is 5.92. The van der Waals surface area contributed by atoms with Gasteiger partial charge in [0.15, 0.2) is 0 Å². The van der Waals surface area contributed by atoms with Gasteiger partial charge in [-0.1, -0.05) is 6.92 Å². The van der Waals surface area contributed by atoms with Crippen molar-refractivity contribution < 1.29 is 0 Å². The van der Waals surface area contributed by atoms with Gasteiger partial charge in [-0.3, -0.25) is 9.13 Å². The largest absolute Gasteiger partial charge is 0.399 e. The van der Waals surface area contributed by atoms with Crippen LogP contribution in [0.1, 0.15) is 13.3 Å². The number of aryl methyl sites for hydroxylation is 2. The highest BCUT2D eigenvalue weighted by Crippen LogP contribution is 2.25. The minimum absolute atomic E-state index is 0.0369. The molecule has 0 radical (unpaired) electrons. The Morgan fingerprint density at radius 3 is 2.65 bits per heavy atom. The standard InChI is InChI=1S/C12H18N4O/c1-4-5-14-9-6-8(13)7-10-11(9)16(3)12(17)15(10)2/h6-7,14H,4-5,13H2,1-3H3. The molecule has 0 aliphatic carbocycles. The monoisotopic (exact) mass is 234 g/mol. The van der Waals surface area contributed by atoms with E-state index in [0.29, 0.717) is 5.69 Å². The summed E-state index contributed by atoms with van der Waals surface area (Å²) in [5.74, 6) is 0. The Morgan fingerprint density at radius 2 is 2.00 bits per heavy atom. The molecule has 0 atom stereocenters. The van der Waals surface area contributed by atoms with E-state index in [4.69, 9.17) is 5.73 Å². The molecule has 0 aliphatic rings. The van der Waals surface area contributed by atoms with E-state index >= 15 is 0 Å². The third-order valence-electron chi connectivity index (χ3n) is 2.95. The van der Waals surface area contributed by atoms with Gasteiger partial charge in [0, 0.05) is 26.3 Å². The molecule has 2 aromatic rings. The molecule has 92 valence electrons. The quantitative estimate of drug-likeness (QED) is 0.786. The molecule has 0 fully saturated rings. The number of nitrogens with two attached hydrogens (primary N) is 1. The third kappa shape index (κ3) is 1.77. The summed E-state index contributed by atoms with van der Waals surface area (Å²) in [6.45, 7) is 2.96. The third-order valence-corrected chi connectivity index (χ3v) is 2.95. The average Bonchev–Trinajstić information content (AvgIpc) is 2.51. The molecule has 0 amide bonds.